The molecule has 4 rings (SSSR count). The van der Waals surface area contributed by atoms with Crippen LogP contribution in [0.1, 0.15) is 28.8 Å². The summed E-state index contributed by atoms with van der Waals surface area (Å²) >= 11 is 3.64. The van der Waals surface area contributed by atoms with Gasteiger partial charge in [0.15, 0.2) is 5.78 Å². The molecular formula is C25H22OS2. The maximum absolute atomic E-state index is 13.4. The summed E-state index contributed by atoms with van der Waals surface area (Å²) in [4.78, 5) is 13.4. The van der Waals surface area contributed by atoms with Crippen LogP contribution in [0.5, 0.6) is 0 Å². The maximum atomic E-state index is 13.4. The lowest BCUT2D eigenvalue weighted by Crippen LogP contribution is -2.11. The average Bonchev–Trinajstić information content (AvgIpc) is 3.29. The number of benzene rings is 3. The zero-order valence-electron chi connectivity index (χ0n) is 15.8. The Morgan fingerprint density at radius 2 is 1.29 bits per heavy atom. The molecule has 0 aliphatic carbocycles. The quantitative estimate of drug-likeness (QED) is 0.337. The molecule has 3 aromatic carbocycles. The normalized spacial score (nSPS) is 14.7. The molecule has 0 bridgehead atoms. The fourth-order valence-electron chi connectivity index (χ4n) is 3.44. The molecule has 1 unspecified atom stereocenters. The Hall–Kier alpha value is -2.23. The van der Waals surface area contributed by atoms with E-state index in [9.17, 15) is 4.79 Å². The molecule has 1 aliphatic rings. The monoisotopic (exact) mass is 402 g/mol. The topological polar surface area (TPSA) is 17.1 Å². The molecule has 1 aliphatic heterocycles. The van der Waals surface area contributed by atoms with Gasteiger partial charge in [-0.15, -0.1) is 23.5 Å². The van der Waals surface area contributed by atoms with Crippen LogP contribution in [0.4, 0.5) is 0 Å². The summed E-state index contributed by atoms with van der Waals surface area (Å²) in [5, 5.41) is 0. The minimum Gasteiger partial charge on any atom is -0.289 e. The maximum Gasteiger partial charge on any atom is 0.191 e. The second-order valence-corrected chi connectivity index (χ2v) is 9.27. The van der Waals surface area contributed by atoms with E-state index in [1.54, 1.807) is 0 Å². The van der Waals surface area contributed by atoms with Crippen LogP contribution in [0.3, 0.4) is 0 Å². The molecule has 3 aromatic rings. The van der Waals surface area contributed by atoms with E-state index in [0.717, 1.165) is 22.6 Å². The van der Waals surface area contributed by atoms with Gasteiger partial charge >= 0.3 is 0 Å². The second kappa shape index (κ2) is 8.85. The Kier molecular flexibility index (Phi) is 6.04. The molecule has 28 heavy (non-hydrogen) atoms. The van der Waals surface area contributed by atoms with Gasteiger partial charge in [0, 0.05) is 32.8 Å². The Balaban J connectivity index is 1.67. The summed E-state index contributed by atoms with van der Waals surface area (Å²) < 4.78 is 1.19. The molecule has 0 spiro atoms. The highest BCUT2D eigenvalue weighted by Crippen LogP contribution is 2.44. The molecule has 1 heterocycles. The van der Waals surface area contributed by atoms with Gasteiger partial charge in [0.25, 0.3) is 0 Å². The number of ketones is 1. The number of carbonyl (C=O) groups excluding carboxylic acids is 1. The predicted octanol–water partition coefficient (Wildman–Crippen LogP) is 7.03. The lowest BCUT2D eigenvalue weighted by atomic mass is 9.88. The molecule has 1 nitrogen and oxygen atoms in total. The molecule has 0 saturated carbocycles. The predicted molar refractivity (Wildman–Crippen MR) is 123 cm³/mol. The van der Waals surface area contributed by atoms with E-state index in [2.05, 4.69) is 55.5 Å². The number of rotatable bonds is 5. The lowest BCUT2D eigenvalue weighted by Gasteiger charge is -2.18. The Morgan fingerprint density at radius 1 is 0.750 bits per heavy atom. The number of Topliss-reactive ketones (excluding diaryl/α,β-unsaturated/α-hetero) is 1. The SMILES string of the molecule is CC(C(C(=O)c1ccccc1)=C1SCCS1)c1ccc(-c2ccccc2)cc1. The highest BCUT2D eigenvalue weighted by atomic mass is 32.2. The zero-order chi connectivity index (χ0) is 19.3. The van der Waals surface area contributed by atoms with Gasteiger partial charge in [0.05, 0.1) is 0 Å². The number of thioether (sulfide) groups is 2. The molecule has 1 atom stereocenters. The number of hydrogen-bond acceptors (Lipinski definition) is 3. The second-order valence-electron chi connectivity index (χ2n) is 6.80. The highest BCUT2D eigenvalue weighted by molar-refractivity contribution is 8.25. The molecule has 0 aromatic heterocycles. The first-order valence-electron chi connectivity index (χ1n) is 9.49. The third-order valence-electron chi connectivity index (χ3n) is 5.00. The van der Waals surface area contributed by atoms with Crippen molar-refractivity contribution >= 4 is 29.3 Å². The Morgan fingerprint density at radius 3 is 1.89 bits per heavy atom. The number of allylic oxidation sites excluding steroid dienone is 1. The number of carbonyl (C=O) groups is 1. The van der Waals surface area contributed by atoms with Crippen LogP contribution in [0, 0.1) is 0 Å². The zero-order valence-corrected chi connectivity index (χ0v) is 17.4. The van der Waals surface area contributed by atoms with Crippen LogP contribution in [0.2, 0.25) is 0 Å². The fraction of sp³-hybridized carbons (Fsp3) is 0.160. The Bertz CT molecular complexity index is 968. The van der Waals surface area contributed by atoms with E-state index >= 15 is 0 Å². The van der Waals surface area contributed by atoms with Crippen molar-refractivity contribution in [3.05, 3.63) is 106 Å². The van der Waals surface area contributed by atoms with E-state index in [0.29, 0.717) is 0 Å². The van der Waals surface area contributed by atoms with Crippen molar-refractivity contribution in [3.8, 4) is 11.1 Å². The first-order chi connectivity index (χ1) is 13.7. The van der Waals surface area contributed by atoms with Gasteiger partial charge in [-0.05, 0) is 16.7 Å². The average molecular weight is 403 g/mol. The van der Waals surface area contributed by atoms with E-state index < -0.39 is 0 Å². The van der Waals surface area contributed by atoms with Gasteiger partial charge in [-0.1, -0.05) is 91.9 Å². The van der Waals surface area contributed by atoms with Gasteiger partial charge in [-0.2, -0.15) is 0 Å². The van der Waals surface area contributed by atoms with Gasteiger partial charge in [-0.3, -0.25) is 4.79 Å². The summed E-state index contributed by atoms with van der Waals surface area (Å²) in [6.45, 7) is 2.15. The van der Waals surface area contributed by atoms with Crippen molar-refractivity contribution < 1.29 is 4.79 Å². The third-order valence-corrected chi connectivity index (χ3v) is 7.75. The van der Waals surface area contributed by atoms with E-state index in [1.807, 2.05) is 59.9 Å². The van der Waals surface area contributed by atoms with Crippen LogP contribution in [-0.4, -0.2) is 17.3 Å². The summed E-state index contributed by atoms with van der Waals surface area (Å²) in [5.41, 5.74) is 5.30. The Labute approximate surface area is 175 Å². The van der Waals surface area contributed by atoms with Crippen LogP contribution < -0.4 is 0 Å². The van der Waals surface area contributed by atoms with Crippen molar-refractivity contribution in [1.29, 1.82) is 0 Å². The van der Waals surface area contributed by atoms with Crippen molar-refractivity contribution in [1.82, 2.24) is 0 Å². The van der Waals surface area contributed by atoms with Gasteiger partial charge in [0.2, 0.25) is 0 Å². The van der Waals surface area contributed by atoms with E-state index in [4.69, 9.17) is 0 Å². The fourth-order valence-corrected chi connectivity index (χ4v) is 6.16. The minimum atomic E-state index is 0.0608. The third kappa shape index (κ3) is 4.11. The molecule has 0 radical (unpaired) electrons. The summed E-state index contributed by atoms with van der Waals surface area (Å²) in [7, 11) is 0. The summed E-state index contributed by atoms with van der Waals surface area (Å²) in [6.07, 6.45) is 0. The van der Waals surface area contributed by atoms with Crippen LogP contribution in [-0.2, 0) is 0 Å². The lowest BCUT2D eigenvalue weighted by molar-refractivity contribution is 0.102. The molecule has 1 fully saturated rings. The van der Waals surface area contributed by atoms with Crippen molar-refractivity contribution in [2.75, 3.05) is 11.5 Å². The summed E-state index contributed by atoms with van der Waals surface area (Å²) in [5.74, 6) is 2.36. The highest BCUT2D eigenvalue weighted by Gasteiger charge is 2.26. The van der Waals surface area contributed by atoms with Crippen LogP contribution >= 0.6 is 23.5 Å². The molecule has 3 heteroatoms. The van der Waals surface area contributed by atoms with E-state index in [1.165, 1.54) is 20.9 Å². The van der Waals surface area contributed by atoms with Crippen molar-refractivity contribution in [2.24, 2.45) is 0 Å². The van der Waals surface area contributed by atoms with Crippen molar-refractivity contribution in [3.63, 3.8) is 0 Å². The summed E-state index contributed by atoms with van der Waals surface area (Å²) in [6, 6.07) is 28.7. The number of hydrogen-bond donors (Lipinski definition) is 0. The van der Waals surface area contributed by atoms with Gasteiger partial charge in [-0.25, -0.2) is 0 Å². The molecule has 0 amide bonds. The van der Waals surface area contributed by atoms with Crippen LogP contribution in [0.25, 0.3) is 11.1 Å². The molecule has 0 N–H and O–H groups in total. The largest absolute Gasteiger partial charge is 0.289 e. The molecule has 140 valence electrons. The standard InChI is InChI=1S/C25H22OS2/c1-18(19-12-14-21(15-13-19)20-8-4-2-5-9-20)23(25-27-16-17-28-25)24(26)22-10-6-3-7-11-22/h2-15,18H,16-17H2,1H3. The van der Waals surface area contributed by atoms with Gasteiger partial charge < -0.3 is 0 Å². The van der Waals surface area contributed by atoms with Crippen molar-refractivity contribution in [2.45, 2.75) is 12.8 Å². The van der Waals surface area contributed by atoms with E-state index in [-0.39, 0.29) is 11.7 Å². The first kappa shape index (κ1) is 19.1. The first-order valence-corrected chi connectivity index (χ1v) is 11.5. The minimum absolute atomic E-state index is 0.0608. The van der Waals surface area contributed by atoms with Gasteiger partial charge in [0.1, 0.15) is 0 Å². The smallest absolute Gasteiger partial charge is 0.191 e. The van der Waals surface area contributed by atoms with Crippen LogP contribution in [0.15, 0.2) is 94.7 Å². The molecular weight excluding hydrogens is 380 g/mol. The molecule has 1 saturated heterocycles.